The van der Waals surface area contributed by atoms with Crippen molar-refractivity contribution in [3.05, 3.63) is 24.3 Å². The zero-order chi connectivity index (χ0) is 66.3. The minimum absolute atomic E-state index is 0.0850. The van der Waals surface area contributed by atoms with E-state index in [1.807, 2.05) is 0 Å². The van der Waals surface area contributed by atoms with Crippen molar-refractivity contribution in [2.24, 2.45) is 5.92 Å². The Balaban J connectivity index is 5.29. The van der Waals surface area contributed by atoms with E-state index >= 15 is 0 Å². The summed E-state index contributed by atoms with van der Waals surface area (Å²) in [7, 11) is -9.91. The predicted octanol–water partition coefficient (Wildman–Crippen LogP) is 20.1. The molecule has 90 heavy (non-hydrogen) atoms. The first-order valence-corrected chi connectivity index (χ1v) is 39.4. The molecule has 3 N–H and O–H groups in total. The van der Waals surface area contributed by atoms with Crippen molar-refractivity contribution in [2.75, 3.05) is 39.6 Å². The Bertz CT molecular complexity index is 1830. The lowest BCUT2D eigenvalue weighted by atomic mass is 10.0. The molecule has 0 heterocycles. The molecule has 19 heteroatoms. The Hall–Kier alpha value is -2.46. The van der Waals surface area contributed by atoms with Gasteiger partial charge in [-0.25, -0.2) is 9.13 Å². The first kappa shape index (κ1) is 87.5. The summed E-state index contributed by atoms with van der Waals surface area (Å²) in [4.78, 5) is 72.5. The highest BCUT2D eigenvalue weighted by molar-refractivity contribution is 7.47. The standard InChI is InChI=1S/C71H134O17P2/c1-6-9-12-15-18-21-24-26-27-28-30-37-42-47-52-57-71(76)88-67(61-82-69(74)55-50-45-40-35-32-31-33-38-43-48-53-64(4)5)63-86-90(79,80)84-59-65(72)58-83-89(77,78)85-62-66(60-81-68(73)54-49-44-39-34-23-20-17-14-11-8-3)87-70(75)56-51-46-41-36-29-25-22-19-16-13-10-7-2/h21,24,26-27,64-67,72H,6-20,22-23,25,28-63H2,1-5H3,(H,77,78)(H,79,80)/b24-21-,27-26-/t65-,66+,67+/m0/s1. The largest absolute Gasteiger partial charge is 0.472 e. The molecule has 0 saturated carbocycles. The number of phosphoric acid groups is 2. The first-order chi connectivity index (χ1) is 43.5. The van der Waals surface area contributed by atoms with Gasteiger partial charge in [-0.1, -0.05) is 290 Å². The zero-order valence-corrected chi connectivity index (χ0v) is 59.5. The van der Waals surface area contributed by atoms with Gasteiger partial charge in [0.25, 0.3) is 0 Å². The van der Waals surface area contributed by atoms with Gasteiger partial charge in [-0.2, -0.15) is 0 Å². The predicted molar refractivity (Wildman–Crippen MR) is 363 cm³/mol. The smallest absolute Gasteiger partial charge is 0.462 e. The second-order valence-electron chi connectivity index (χ2n) is 25.4. The molecule has 0 aromatic rings. The molecule has 0 aliphatic heterocycles. The second kappa shape index (κ2) is 63.9. The number of ether oxygens (including phenoxy) is 4. The van der Waals surface area contributed by atoms with E-state index in [1.54, 1.807) is 0 Å². The molecule has 0 rings (SSSR count). The summed E-state index contributed by atoms with van der Waals surface area (Å²) in [5.74, 6) is -1.40. The van der Waals surface area contributed by atoms with Gasteiger partial charge in [-0.3, -0.25) is 37.3 Å². The molecule has 2 unspecified atom stereocenters. The van der Waals surface area contributed by atoms with Crippen molar-refractivity contribution in [1.82, 2.24) is 0 Å². The van der Waals surface area contributed by atoms with Crippen molar-refractivity contribution in [3.8, 4) is 0 Å². The average Bonchev–Trinajstić information content (AvgIpc) is 2.54. The van der Waals surface area contributed by atoms with Crippen molar-refractivity contribution >= 4 is 39.5 Å². The fraction of sp³-hybridized carbons (Fsp3) is 0.887. The topological polar surface area (TPSA) is 237 Å². The van der Waals surface area contributed by atoms with Gasteiger partial charge in [0.1, 0.15) is 19.3 Å². The molecule has 0 amide bonds. The molecule has 0 fully saturated rings. The highest BCUT2D eigenvalue weighted by Crippen LogP contribution is 2.45. The molecule has 17 nitrogen and oxygen atoms in total. The minimum atomic E-state index is -4.96. The number of aliphatic hydroxyl groups excluding tert-OH is 1. The Morgan fingerprint density at radius 3 is 0.911 bits per heavy atom. The molecule has 0 saturated heterocycles. The highest BCUT2D eigenvalue weighted by atomic mass is 31.2. The summed E-state index contributed by atoms with van der Waals surface area (Å²) >= 11 is 0. The SMILES string of the molecule is CCCCCC/C=C\C=C/CCCCCCCC(=O)O[C@H](COC(=O)CCCCCCCCCCCCC(C)C)COP(=O)(O)OC[C@@H](O)COP(=O)(O)OC[C@@H](COC(=O)CCCCCCCCCCCC)OC(=O)CCCCCCCCCCCCCC. The van der Waals surface area contributed by atoms with E-state index in [1.165, 1.54) is 154 Å². The number of aliphatic hydroxyl groups is 1. The summed E-state index contributed by atoms with van der Waals surface area (Å²) < 4.78 is 68.3. The molecule has 5 atom stereocenters. The third-order valence-electron chi connectivity index (χ3n) is 15.9. The van der Waals surface area contributed by atoms with Crippen LogP contribution in [-0.2, 0) is 65.4 Å². The normalized spacial score (nSPS) is 14.2. The molecular formula is C71H134O17P2. The van der Waals surface area contributed by atoms with Gasteiger partial charge >= 0.3 is 39.5 Å². The van der Waals surface area contributed by atoms with Crippen LogP contribution in [0.4, 0.5) is 0 Å². The molecule has 530 valence electrons. The van der Waals surface area contributed by atoms with Gasteiger partial charge in [0, 0.05) is 25.7 Å². The lowest BCUT2D eigenvalue weighted by Gasteiger charge is -2.21. The van der Waals surface area contributed by atoms with Gasteiger partial charge in [-0.05, 0) is 57.3 Å². The summed E-state index contributed by atoms with van der Waals surface area (Å²) in [6.45, 7) is 7.17. The number of hydrogen-bond acceptors (Lipinski definition) is 15. The summed E-state index contributed by atoms with van der Waals surface area (Å²) in [6, 6.07) is 0. The lowest BCUT2D eigenvalue weighted by molar-refractivity contribution is -0.161. The fourth-order valence-electron chi connectivity index (χ4n) is 10.3. The molecule has 0 aromatic heterocycles. The van der Waals surface area contributed by atoms with Crippen LogP contribution in [0, 0.1) is 5.92 Å². The van der Waals surface area contributed by atoms with E-state index in [2.05, 4.69) is 58.9 Å². The van der Waals surface area contributed by atoms with Crippen LogP contribution in [0.3, 0.4) is 0 Å². The van der Waals surface area contributed by atoms with Crippen LogP contribution in [0.1, 0.15) is 343 Å². The van der Waals surface area contributed by atoms with Crippen LogP contribution >= 0.6 is 15.6 Å². The van der Waals surface area contributed by atoms with Crippen molar-refractivity contribution in [3.63, 3.8) is 0 Å². The number of phosphoric ester groups is 2. The van der Waals surface area contributed by atoms with Gasteiger partial charge in [0.2, 0.25) is 0 Å². The summed E-state index contributed by atoms with van der Waals surface area (Å²) in [5.41, 5.74) is 0. The van der Waals surface area contributed by atoms with Crippen molar-refractivity contribution in [2.45, 2.75) is 361 Å². The second-order valence-corrected chi connectivity index (χ2v) is 28.3. The molecule has 0 spiro atoms. The maximum absolute atomic E-state index is 13.0. The minimum Gasteiger partial charge on any atom is -0.462 e. The molecule has 0 aliphatic rings. The lowest BCUT2D eigenvalue weighted by Crippen LogP contribution is -2.30. The Kier molecular flexibility index (Phi) is 62.2. The molecular weight excluding hydrogens is 1190 g/mol. The molecule has 0 aromatic carbocycles. The molecule has 0 radical (unpaired) electrons. The monoisotopic (exact) mass is 1320 g/mol. The number of rotatable bonds is 69. The molecule has 0 aliphatic carbocycles. The van der Waals surface area contributed by atoms with Gasteiger partial charge in [0.15, 0.2) is 12.2 Å². The van der Waals surface area contributed by atoms with Crippen LogP contribution in [-0.4, -0.2) is 96.7 Å². The quantitative estimate of drug-likeness (QED) is 0.0169. The van der Waals surface area contributed by atoms with Crippen LogP contribution in [0.25, 0.3) is 0 Å². The third-order valence-corrected chi connectivity index (χ3v) is 17.8. The number of allylic oxidation sites excluding steroid dienone is 4. The first-order valence-electron chi connectivity index (χ1n) is 36.5. The third kappa shape index (κ3) is 64.3. The number of carbonyl (C=O) groups is 4. The van der Waals surface area contributed by atoms with E-state index in [0.29, 0.717) is 25.7 Å². The van der Waals surface area contributed by atoms with E-state index < -0.39 is 97.5 Å². The Morgan fingerprint density at radius 2 is 0.600 bits per heavy atom. The zero-order valence-electron chi connectivity index (χ0n) is 57.8. The van der Waals surface area contributed by atoms with Crippen molar-refractivity contribution in [1.29, 1.82) is 0 Å². The van der Waals surface area contributed by atoms with E-state index in [0.717, 1.165) is 109 Å². The van der Waals surface area contributed by atoms with Crippen LogP contribution in [0.2, 0.25) is 0 Å². The number of hydrogen-bond donors (Lipinski definition) is 3. The van der Waals surface area contributed by atoms with E-state index in [9.17, 15) is 43.2 Å². The summed E-state index contributed by atoms with van der Waals surface area (Å²) in [6.07, 6.45) is 53.4. The van der Waals surface area contributed by atoms with Crippen molar-refractivity contribution < 1.29 is 80.2 Å². The maximum atomic E-state index is 13.0. The average molecular weight is 1320 g/mol. The van der Waals surface area contributed by atoms with Crippen LogP contribution in [0.5, 0.6) is 0 Å². The number of unbranched alkanes of at least 4 members (excludes halogenated alkanes) is 38. The van der Waals surface area contributed by atoms with E-state index in [-0.39, 0.29) is 25.7 Å². The van der Waals surface area contributed by atoms with E-state index in [4.69, 9.17) is 37.0 Å². The Labute approximate surface area is 548 Å². The molecule has 0 bridgehead atoms. The van der Waals surface area contributed by atoms with Gasteiger partial charge in [-0.15, -0.1) is 0 Å². The maximum Gasteiger partial charge on any atom is 0.472 e. The Morgan fingerprint density at radius 1 is 0.344 bits per heavy atom. The van der Waals surface area contributed by atoms with Crippen LogP contribution in [0.15, 0.2) is 24.3 Å². The summed E-state index contributed by atoms with van der Waals surface area (Å²) in [5, 5.41) is 10.6. The number of carbonyl (C=O) groups excluding carboxylic acids is 4. The fourth-order valence-corrected chi connectivity index (χ4v) is 11.9. The van der Waals surface area contributed by atoms with Crippen LogP contribution < -0.4 is 0 Å². The number of esters is 4. The van der Waals surface area contributed by atoms with Gasteiger partial charge in [0.05, 0.1) is 26.4 Å². The van der Waals surface area contributed by atoms with Gasteiger partial charge < -0.3 is 33.8 Å². The highest BCUT2D eigenvalue weighted by Gasteiger charge is 2.30.